The first-order chi connectivity index (χ1) is 17.6. The summed E-state index contributed by atoms with van der Waals surface area (Å²) in [6.45, 7) is 8.84. The Morgan fingerprint density at radius 2 is 1.97 bits per heavy atom. The molecule has 2 unspecified atom stereocenters. The van der Waals surface area contributed by atoms with E-state index in [0.29, 0.717) is 11.6 Å². The van der Waals surface area contributed by atoms with Crippen molar-refractivity contribution in [3.05, 3.63) is 59.6 Å². The lowest BCUT2D eigenvalue weighted by Gasteiger charge is -2.30. The lowest BCUT2D eigenvalue weighted by Crippen LogP contribution is -2.36. The number of allylic oxidation sites excluding steroid dienone is 2. The molecule has 0 saturated heterocycles. The van der Waals surface area contributed by atoms with Crippen molar-refractivity contribution in [3.63, 3.8) is 0 Å². The van der Waals surface area contributed by atoms with Crippen molar-refractivity contribution in [2.24, 2.45) is 10.9 Å². The lowest BCUT2D eigenvalue weighted by atomic mass is 9.85. The van der Waals surface area contributed by atoms with Crippen LogP contribution >= 0.6 is 0 Å². The van der Waals surface area contributed by atoms with Gasteiger partial charge in [-0.2, -0.15) is 0 Å². The van der Waals surface area contributed by atoms with Crippen molar-refractivity contribution in [1.82, 2.24) is 5.32 Å². The molecule has 5 nitrogen and oxygen atoms in total. The summed E-state index contributed by atoms with van der Waals surface area (Å²) in [5, 5.41) is 16.6. The van der Waals surface area contributed by atoms with E-state index in [2.05, 4.69) is 35.5 Å². The highest BCUT2D eigenvalue weighted by Crippen LogP contribution is 2.31. The number of anilines is 1. The molecule has 1 aromatic rings. The maximum Gasteiger partial charge on any atom is 0.283 e. The van der Waals surface area contributed by atoms with Gasteiger partial charge in [-0.3, -0.25) is 9.79 Å². The number of nitrogens with zero attached hydrogens (tertiary/aromatic N) is 1. The monoisotopic (exact) mass is 515 g/mol. The molecule has 0 aliphatic carbocycles. The van der Waals surface area contributed by atoms with Crippen molar-refractivity contribution in [3.8, 4) is 0 Å². The first kappa shape index (κ1) is 30.3. The van der Waals surface area contributed by atoms with Crippen LogP contribution in [0.1, 0.15) is 90.2 Å². The van der Waals surface area contributed by atoms with Gasteiger partial charge in [-0.05, 0) is 60.9 Å². The molecule has 0 radical (unpaired) electrons. The zero-order chi connectivity index (χ0) is 27.4. The molecule has 7 heteroatoms. The summed E-state index contributed by atoms with van der Waals surface area (Å²) in [5.41, 5.74) is 3.32. The summed E-state index contributed by atoms with van der Waals surface area (Å²) in [6.07, 6.45) is 13.7. The summed E-state index contributed by atoms with van der Waals surface area (Å²) in [6, 6.07) is 5.73. The number of alkyl halides is 2. The van der Waals surface area contributed by atoms with Crippen LogP contribution < -0.4 is 10.6 Å². The molecule has 1 aliphatic heterocycles. The summed E-state index contributed by atoms with van der Waals surface area (Å²) >= 11 is 0. The van der Waals surface area contributed by atoms with Gasteiger partial charge >= 0.3 is 0 Å². The molecule has 1 heterocycles. The van der Waals surface area contributed by atoms with E-state index in [4.69, 9.17) is 0 Å². The van der Waals surface area contributed by atoms with Crippen LogP contribution in [0.25, 0.3) is 5.57 Å². The Balaban J connectivity index is 2.16. The van der Waals surface area contributed by atoms with Gasteiger partial charge < -0.3 is 15.7 Å². The maximum absolute atomic E-state index is 13.4. The zero-order valence-corrected chi connectivity index (χ0v) is 22.9. The highest BCUT2D eigenvalue weighted by molar-refractivity contribution is 5.93. The minimum absolute atomic E-state index is 0.0187. The van der Waals surface area contributed by atoms with Gasteiger partial charge in [-0.25, -0.2) is 8.78 Å². The molecule has 1 aromatic carbocycles. The molecule has 2 atom stereocenters. The van der Waals surface area contributed by atoms with Crippen molar-refractivity contribution in [1.29, 1.82) is 0 Å². The fraction of sp³-hybridized carbons (Fsp3) is 0.533. The Morgan fingerprint density at radius 3 is 2.62 bits per heavy atom. The van der Waals surface area contributed by atoms with Crippen LogP contribution in [0.3, 0.4) is 0 Å². The third-order valence-corrected chi connectivity index (χ3v) is 6.62. The molecule has 37 heavy (non-hydrogen) atoms. The normalized spacial score (nSPS) is 17.3. The molecule has 1 amide bonds. The maximum atomic E-state index is 13.4. The average Bonchev–Trinajstić information content (AvgIpc) is 2.83. The topological polar surface area (TPSA) is 73.7 Å². The predicted octanol–water partition coefficient (Wildman–Crippen LogP) is 8.09. The molecule has 0 saturated carbocycles. The number of hydrogen-bond acceptors (Lipinski definition) is 4. The molecule has 0 spiro atoms. The summed E-state index contributed by atoms with van der Waals surface area (Å²) in [5.74, 6) is -2.66. The van der Waals surface area contributed by atoms with Gasteiger partial charge in [0.2, 0.25) is 5.91 Å². The number of rotatable bonds is 14. The molecule has 3 N–H and O–H groups in total. The standard InChI is InChI=1S/C30H43F2N3O2/c1-6-9-10-13-22(12-7-2)26-18-23(19-29(37)35-26)25-20-24(16-15-21(25)4)34-28(36)14-11-17-33-27(8-3)30(5,31)32/h11,15-20,22,26,35,37H,6-10,12-14H2,1-5H3,(H,34,36)/b17-11-,33-27+. The molecular formula is C30H43F2N3O2. The van der Waals surface area contributed by atoms with E-state index >= 15 is 0 Å². The molecule has 0 aromatic heterocycles. The molecule has 0 fully saturated rings. The van der Waals surface area contributed by atoms with Gasteiger partial charge in [-0.15, -0.1) is 0 Å². The summed E-state index contributed by atoms with van der Waals surface area (Å²) in [7, 11) is 0. The number of unbranched alkanes of at least 4 members (excludes halogenated alkanes) is 2. The summed E-state index contributed by atoms with van der Waals surface area (Å²) < 4.78 is 26.8. The third-order valence-electron chi connectivity index (χ3n) is 6.62. The van der Waals surface area contributed by atoms with Crippen molar-refractivity contribution in [2.45, 2.75) is 97.9 Å². The fourth-order valence-corrected chi connectivity index (χ4v) is 4.64. The van der Waals surface area contributed by atoms with E-state index in [1.165, 1.54) is 31.5 Å². The first-order valence-electron chi connectivity index (χ1n) is 13.5. The van der Waals surface area contributed by atoms with E-state index in [-0.39, 0.29) is 36.4 Å². The van der Waals surface area contributed by atoms with Gasteiger partial charge in [0.25, 0.3) is 5.92 Å². The smallest absolute Gasteiger partial charge is 0.283 e. The number of aliphatic hydroxyl groups is 1. The van der Waals surface area contributed by atoms with Crippen molar-refractivity contribution in [2.75, 3.05) is 5.32 Å². The number of aliphatic imine (C=N–C) groups is 1. The van der Waals surface area contributed by atoms with Gasteiger partial charge in [0, 0.05) is 31.3 Å². The number of aryl methyl sites for hydroxylation is 1. The highest BCUT2D eigenvalue weighted by atomic mass is 19.3. The Bertz CT molecular complexity index is 1020. The minimum Gasteiger partial charge on any atom is -0.495 e. The Labute approximate surface area is 220 Å². The molecule has 2 rings (SSSR count). The van der Waals surface area contributed by atoms with Crippen LogP contribution in [0.2, 0.25) is 0 Å². The SMILES string of the molecule is CCCCCC(CCC)C1C=C(c2cc(NC(=O)C/C=C\N=C(/CC)C(C)(F)F)ccc2C)C=C(O)N1. The highest BCUT2D eigenvalue weighted by Gasteiger charge is 2.27. The van der Waals surface area contributed by atoms with Gasteiger partial charge in [-0.1, -0.05) is 64.7 Å². The van der Waals surface area contributed by atoms with Crippen LogP contribution in [0.4, 0.5) is 14.5 Å². The largest absolute Gasteiger partial charge is 0.495 e. The number of benzene rings is 1. The second-order valence-corrected chi connectivity index (χ2v) is 9.85. The zero-order valence-electron chi connectivity index (χ0n) is 22.9. The number of nitrogens with one attached hydrogen (secondary N) is 2. The van der Waals surface area contributed by atoms with Crippen LogP contribution in [-0.4, -0.2) is 28.7 Å². The lowest BCUT2D eigenvalue weighted by molar-refractivity contribution is -0.115. The number of amides is 1. The van der Waals surface area contributed by atoms with E-state index < -0.39 is 5.92 Å². The number of aliphatic hydroxyl groups excluding tert-OH is 1. The fourth-order valence-electron chi connectivity index (χ4n) is 4.64. The number of dihydropyridines is 1. The predicted molar refractivity (Wildman–Crippen MR) is 150 cm³/mol. The van der Waals surface area contributed by atoms with E-state index in [1.54, 1.807) is 13.0 Å². The van der Waals surface area contributed by atoms with Gasteiger partial charge in [0.05, 0.1) is 11.8 Å². The quantitative estimate of drug-likeness (QED) is 0.173. The number of carbonyl (C=O) groups excluding carboxylic acids is 1. The van der Waals surface area contributed by atoms with E-state index in [0.717, 1.165) is 42.9 Å². The van der Waals surface area contributed by atoms with Crippen LogP contribution in [0, 0.1) is 12.8 Å². The third kappa shape index (κ3) is 9.78. The number of halogens is 2. The second kappa shape index (κ2) is 14.7. The number of carbonyl (C=O) groups is 1. The Kier molecular flexibility index (Phi) is 12.0. The Morgan fingerprint density at radius 1 is 1.22 bits per heavy atom. The van der Waals surface area contributed by atoms with Crippen LogP contribution in [0.15, 0.2) is 53.5 Å². The average molecular weight is 516 g/mol. The van der Waals surface area contributed by atoms with Crippen LogP contribution in [0.5, 0.6) is 0 Å². The van der Waals surface area contributed by atoms with Crippen LogP contribution in [-0.2, 0) is 4.79 Å². The molecule has 0 bridgehead atoms. The second-order valence-electron chi connectivity index (χ2n) is 9.85. The van der Waals surface area contributed by atoms with Gasteiger partial charge in [0.1, 0.15) is 0 Å². The Hall–Kier alpha value is -2.96. The van der Waals surface area contributed by atoms with Crippen molar-refractivity contribution >= 4 is 22.9 Å². The first-order valence-corrected chi connectivity index (χ1v) is 13.5. The molecular weight excluding hydrogens is 472 g/mol. The minimum atomic E-state index is -2.98. The van der Waals surface area contributed by atoms with E-state index in [9.17, 15) is 18.7 Å². The molecule has 1 aliphatic rings. The number of hydrogen-bond donors (Lipinski definition) is 3. The summed E-state index contributed by atoms with van der Waals surface area (Å²) in [4.78, 5) is 16.3. The van der Waals surface area contributed by atoms with E-state index in [1.807, 2.05) is 25.1 Å². The van der Waals surface area contributed by atoms with Crippen molar-refractivity contribution < 1.29 is 18.7 Å². The molecule has 204 valence electrons. The van der Waals surface area contributed by atoms with Gasteiger partial charge in [0.15, 0.2) is 5.88 Å².